The molecule has 1 aromatic carbocycles. The molecule has 10 heavy (non-hydrogen) atoms. The summed E-state index contributed by atoms with van der Waals surface area (Å²) in [7, 11) is -0.483. The highest BCUT2D eigenvalue weighted by Gasteiger charge is 1.89. The quantitative estimate of drug-likeness (QED) is 0.776. The van der Waals surface area contributed by atoms with Gasteiger partial charge in [-0.1, -0.05) is 15.9 Å². The Morgan fingerprint density at radius 2 is 1.90 bits per heavy atom. The van der Waals surface area contributed by atoms with Crippen LogP contribution in [0.2, 0.25) is 0 Å². The lowest BCUT2D eigenvalue weighted by molar-refractivity contribution is 0.514. The topological polar surface area (TPSA) is 29.5 Å². The van der Waals surface area contributed by atoms with Crippen LogP contribution in [0.1, 0.15) is 0 Å². The fourth-order valence-corrected chi connectivity index (χ4v) is 1.06. The average molecular weight is 221 g/mol. The molecule has 54 valence electrons. The Labute approximate surface area is 69.3 Å². The molecule has 0 spiro atoms. The number of hydrogen-bond acceptors (Lipinski definition) is 2. The predicted molar refractivity (Wildman–Crippen MR) is 45.3 cm³/mol. The SMILES string of the molecule is OPOc1ccc(Br)cc1. The van der Waals surface area contributed by atoms with Crippen LogP contribution in [0, 0.1) is 0 Å². The summed E-state index contributed by atoms with van der Waals surface area (Å²) in [5.74, 6) is 0.684. The molecule has 0 saturated carbocycles. The van der Waals surface area contributed by atoms with Gasteiger partial charge in [-0.3, -0.25) is 0 Å². The third kappa shape index (κ3) is 2.25. The Kier molecular flexibility index (Phi) is 3.13. The molecular formula is C6H6BrO2P. The number of benzene rings is 1. The highest BCUT2D eigenvalue weighted by molar-refractivity contribution is 9.10. The van der Waals surface area contributed by atoms with Gasteiger partial charge in [0.25, 0.3) is 0 Å². The van der Waals surface area contributed by atoms with Gasteiger partial charge in [-0.2, -0.15) is 0 Å². The van der Waals surface area contributed by atoms with Crippen LogP contribution >= 0.6 is 25.0 Å². The van der Waals surface area contributed by atoms with Crippen molar-refractivity contribution in [3.8, 4) is 5.75 Å². The minimum Gasteiger partial charge on any atom is -0.450 e. The monoisotopic (exact) mass is 220 g/mol. The van der Waals surface area contributed by atoms with Gasteiger partial charge in [-0.05, 0) is 24.3 Å². The van der Waals surface area contributed by atoms with Crippen molar-refractivity contribution in [3.63, 3.8) is 0 Å². The van der Waals surface area contributed by atoms with Crippen molar-refractivity contribution in [2.24, 2.45) is 0 Å². The van der Waals surface area contributed by atoms with Crippen LogP contribution < -0.4 is 4.52 Å². The summed E-state index contributed by atoms with van der Waals surface area (Å²) >= 11 is 3.28. The molecule has 0 aliphatic rings. The van der Waals surface area contributed by atoms with E-state index < -0.39 is 9.03 Å². The number of hydrogen-bond donors (Lipinski definition) is 1. The molecule has 0 aliphatic heterocycles. The van der Waals surface area contributed by atoms with E-state index in [1.54, 1.807) is 12.1 Å². The summed E-state index contributed by atoms with van der Waals surface area (Å²) in [5.41, 5.74) is 0. The van der Waals surface area contributed by atoms with Crippen LogP contribution in [-0.4, -0.2) is 4.89 Å². The molecule has 0 heterocycles. The van der Waals surface area contributed by atoms with Crippen molar-refractivity contribution in [2.75, 3.05) is 0 Å². The Balaban J connectivity index is 2.69. The maximum absolute atomic E-state index is 8.38. The highest BCUT2D eigenvalue weighted by atomic mass is 79.9. The molecule has 0 saturated heterocycles. The zero-order chi connectivity index (χ0) is 7.40. The molecule has 0 aromatic heterocycles. The first kappa shape index (κ1) is 7.99. The van der Waals surface area contributed by atoms with Gasteiger partial charge in [0.15, 0.2) is 0 Å². The van der Waals surface area contributed by atoms with Crippen molar-refractivity contribution in [1.29, 1.82) is 0 Å². The van der Waals surface area contributed by atoms with Gasteiger partial charge >= 0.3 is 0 Å². The zero-order valence-corrected chi connectivity index (χ0v) is 7.63. The molecule has 1 N–H and O–H groups in total. The van der Waals surface area contributed by atoms with E-state index in [2.05, 4.69) is 15.9 Å². The summed E-state index contributed by atoms with van der Waals surface area (Å²) < 4.78 is 5.82. The molecule has 0 bridgehead atoms. The van der Waals surface area contributed by atoms with Gasteiger partial charge in [-0.15, -0.1) is 0 Å². The smallest absolute Gasteiger partial charge is 0.212 e. The van der Waals surface area contributed by atoms with E-state index >= 15 is 0 Å². The van der Waals surface area contributed by atoms with Gasteiger partial charge in [0, 0.05) is 4.47 Å². The third-order valence-electron chi connectivity index (χ3n) is 0.977. The van der Waals surface area contributed by atoms with Gasteiger partial charge < -0.3 is 9.42 Å². The summed E-state index contributed by atoms with van der Waals surface area (Å²) in [4.78, 5) is 8.38. The van der Waals surface area contributed by atoms with Gasteiger partial charge in [0.1, 0.15) is 5.75 Å². The molecule has 1 rings (SSSR count). The van der Waals surface area contributed by atoms with E-state index in [1.165, 1.54) is 0 Å². The van der Waals surface area contributed by atoms with E-state index in [9.17, 15) is 0 Å². The second-order valence-corrected chi connectivity index (χ2v) is 2.95. The third-order valence-corrected chi connectivity index (χ3v) is 1.83. The first-order valence-corrected chi connectivity index (χ1v) is 4.29. The molecule has 2 nitrogen and oxygen atoms in total. The fraction of sp³-hybridized carbons (Fsp3) is 0. The Hall–Kier alpha value is -0.110. The van der Waals surface area contributed by atoms with Crippen molar-refractivity contribution in [3.05, 3.63) is 28.7 Å². The molecule has 4 heteroatoms. The summed E-state index contributed by atoms with van der Waals surface area (Å²) in [6, 6.07) is 7.28. The lowest BCUT2D eigenvalue weighted by atomic mass is 10.3. The molecule has 0 amide bonds. The Morgan fingerprint density at radius 1 is 1.30 bits per heavy atom. The van der Waals surface area contributed by atoms with E-state index in [0.717, 1.165) is 4.47 Å². The molecule has 1 unspecified atom stereocenters. The van der Waals surface area contributed by atoms with Crippen LogP contribution in [0.3, 0.4) is 0 Å². The second kappa shape index (κ2) is 3.91. The largest absolute Gasteiger partial charge is 0.450 e. The molecular weight excluding hydrogens is 215 g/mol. The van der Waals surface area contributed by atoms with E-state index in [-0.39, 0.29) is 0 Å². The molecule has 0 radical (unpaired) electrons. The molecule has 1 aromatic rings. The highest BCUT2D eigenvalue weighted by Crippen LogP contribution is 2.20. The van der Waals surface area contributed by atoms with Crippen molar-refractivity contribution < 1.29 is 9.42 Å². The van der Waals surface area contributed by atoms with E-state index in [1.807, 2.05) is 12.1 Å². The molecule has 1 atom stereocenters. The number of rotatable bonds is 2. The zero-order valence-electron chi connectivity index (χ0n) is 5.04. The Bertz CT molecular complexity index is 199. The van der Waals surface area contributed by atoms with Crippen molar-refractivity contribution in [1.82, 2.24) is 0 Å². The van der Waals surface area contributed by atoms with Crippen LogP contribution in [0.4, 0.5) is 0 Å². The minimum atomic E-state index is -0.483. The fourth-order valence-electron chi connectivity index (χ4n) is 0.555. The van der Waals surface area contributed by atoms with Crippen LogP contribution in [0.5, 0.6) is 5.75 Å². The van der Waals surface area contributed by atoms with Crippen LogP contribution in [0.15, 0.2) is 28.7 Å². The number of halogens is 1. The van der Waals surface area contributed by atoms with Gasteiger partial charge in [-0.25, -0.2) is 0 Å². The van der Waals surface area contributed by atoms with E-state index in [0.29, 0.717) is 5.75 Å². The maximum atomic E-state index is 8.38. The molecule has 0 aliphatic carbocycles. The lowest BCUT2D eigenvalue weighted by Crippen LogP contribution is -1.75. The van der Waals surface area contributed by atoms with Gasteiger partial charge in [0.2, 0.25) is 9.03 Å². The normalized spacial score (nSPS) is 10.6. The van der Waals surface area contributed by atoms with Crippen molar-refractivity contribution in [2.45, 2.75) is 0 Å². The minimum absolute atomic E-state index is 0.483. The summed E-state index contributed by atoms with van der Waals surface area (Å²) in [6.07, 6.45) is 0. The average Bonchev–Trinajstić information content (AvgIpc) is 1.95. The summed E-state index contributed by atoms with van der Waals surface area (Å²) in [6.45, 7) is 0. The Morgan fingerprint density at radius 3 is 2.40 bits per heavy atom. The van der Waals surface area contributed by atoms with Crippen LogP contribution in [0.25, 0.3) is 0 Å². The second-order valence-electron chi connectivity index (χ2n) is 1.65. The first-order valence-electron chi connectivity index (χ1n) is 2.64. The lowest BCUT2D eigenvalue weighted by Gasteiger charge is -1.98. The summed E-state index contributed by atoms with van der Waals surface area (Å²) in [5, 5.41) is 0. The standard InChI is InChI=1S/C6H6BrO2P/c7-5-1-3-6(4-2-5)9-10-8/h1-4,8,10H. The van der Waals surface area contributed by atoms with Gasteiger partial charge in [0.05, 0.1) is 0 Å². The molecule has 0 fully saturated rings. The van der Waals surface area contributed by atoms with E-state index in [4.69, 9.17) is 9.42 Å². The maximum Gasteiger partial charge on any atom is 0.212 e. The van der Waals surface area contributed by atoms with Crippen LogP contribution in [-0.2, 0) is 0 Å². The first-order chi connectivity index (χ1) is 4.83. The van der Waals surface area contributed by atoms with Crippen molar-refractivity contribution >= 4 is 25.0 Å². The predicted octanol–water partition coefficient (Wildman–Crippen LogP) is 2.33.